The van der Waals surface area contributed by atoms with Gasteiger partial charge in [0.2, 0.25) is 0 Å². The fraction of sp³-hybridized carbons (Fsp3) is 0.500. The summed E-state index contributed by atoms with van der Waals surface area (Å²) in [5.74, 6) is 0.730. The highest BCUT2D eigenvalue weighted by molar-refractivity contribution is 5.57. The summed E-state index contributed by atoms with van der Waals surface area (Å²) in [6, 6.07) is 13.0. The highest BCUT2D eigenvalue weighted by atomic mass is 16.5. The van der Waals surface area contributed by atoms with Crippen LogP contribution in [0.5, 0.6) is 5.75 Å². The van der Waals surface area contributed by atoms with E-state index in [0.29, 0.717) is 0 Å². The predicted molar refractivity (Wildman–Crippen MR) is 130 cm³/mol. The Balaban J connectivity index is 1.89. The van der Waals surface area contributed by atoms with Gasteiger partial charge in [0.1, 0.15) is 18.5 Å². The zero-order chi connectivity index (χ0) is 23.4. The van der Waals surface area contributed by atoms with Gasteiger partial charge in [0.25, 0.3) is 0 Å². The molecule has 3 N–H and O–H groups in total. The molecule has 4 nitrogen and oxygen atoms in total. The van der Waals surface area contributed by atoms with Crippen LogP contribution >= 0.6 is 0 Å². The molecular weight excluding hydrogens is 400 g/mol. The summed E-state index contributed by atoms with van der Waals surface area (Å²) in [6.45, 7) is 8.39. The molecule has 174 valence electrons. The standard InChI is InChI=1S/C28H38O4/c1-5-28(6-2,24-10-11-26(21(4)17-24)32-19-25(30)18-29)23-9-8-22(20(3)16-23)12-15-27(31)13-7-14-27/h8-12,15-17,25,29-31H,5-7,13-14,18-19H2,1-4H3/t25-/m0/s1. The fourth-order valence-corrected chi connectivity index (χ4v) is 4.69. The number of benzene rings is 2. The molecule has 1 aliphatic rings. The summed E-state index contributed by atoms with van der Waals surface area (Å²) in [7, 11) is 0. The Morgan fingerprint density at radius 3 is 2.16 bits per heavy atom. The number of ether oxygens (including phenoxy) is 1. The first-order chi connectivity index (χ1) is 15.3. The second-order valence-electron chi connectivity index (χ2n) is 9.28. The molecule has 4 heteroatoms. The first-order valence-corrected chi connectivity index (χ1v) is 11.8. The molecule has 3 rings (SSSR count). The maximum Gasteiger partial charge on any atom is 0.122 e. The van der Waals surface area contributed by atoms with Crippen LogP contribution in [0.25, 0.3) is 6.08 Å². The van der Waals surface area contributed by atoms with E-state index in [1.54, 1.807) is 0 Å². The lowest BCUT2D eigenvalue weighted by molar-refractivity contribution is 0.0150. The van der Waals surface area contributed by atoms with E-state index >= 15 is 0 Å². The number of aryl methyl sites for hydroxylation is 2. The van der Waals surface area contributed by atoms with Crippen LogP contribution in [0, 0.1) is 13.8 Å². The predicted octanol–water partition coefficient (Wildman–Crippen LogP) is 5.07. The van der Waals surface area contributed by atoms with Gasteiger partial charge in [-0.15, -0.1) is 0 Å². The second-order valence-corrected chi connectivity index (χ2v) is 9.28. The van der Waals surface area contributed by atoms with Gasteiger partial charge in [-0.25, -0.2) is 0 Å². The molecule has 1 saturated carbocycles. The molecule has 0 heterocycles. The summed E-state index contributed by atoms with van der Waals surface area (Å²) in [6.07, 6.45) is 7.90. The van der Waals surface area contributed by atoms with Crippen LogP contribution in [0.3, 0.4) is 0 Å². The van der Waals surface area contributed by atoms with Crippen LogP contribution in [0.15, 0.2) is 42.5 Å². The van der Waals surface area contributed by atoms with Crippen LogP contribution in [0.4, 0.5) is 0 Å². The van der Waals surface area contributed by atoms with Crippen molar-refractivity contribution in [3.05, 3.63) is 70.3 Å². The molecule has 32 heavy (non-hydrogen) atoms. The summed E-state index contributed by atoms with van der Waals surface area (Å²) >= 11 is 0. The summed E-state index contributed by atoms with van der Waals surface area (Å²) < 4.78 is 5.70. The minimum absolute atomic E-state index is 0.0761. The van der Waals surface area contributed by atoms with Crippen LogP contribution in [-0.4, -0.2) is 40.2 Å². The first-order valence-electron chi connectivity index (χ1n) is 11.8. The van der Waals surface area contributed by atoms with E-state index in [0.717, 1.165) is 49.0 Å². The highest BCUT2D eigenvalue weighted by Gasteiger charge is 2.32. The van der Waals surface area contributed by atoms with Gasteiger partial charge in [-0.05, 0) is 79.8 Å². The van der Waals surface area contributed by atoms with Crippen molar-refractivity contribution in [3.8, 4) is 5.75 Å². The minimum atomic E-state index is -0.875. The lowest BCUT2D eigenvalue weighted by Gasteiger charge is -2.34. The quantitative estimate of drug-likeness (QED) is 0.484. The van der Waals surface area contributed by atoms with Gasteiger partial charge >= 0.3 is 0 Å². The molecular formula is C28H38O4. The number of hydrogen-bond donors (Lipinski definition) is 3. The average molecular weight is 439 g/mol. The van der Waals surface area contributed by atoms with Gasteiger partial charge in [-0.3, -0.25) is 0 Å². The number of aliphatic hydroxyl groups excluding tert-OH is 2. The van der Waals surface area contributed by atoms with Crippen LogP contribution in [0.2, 0.25) is 0 Å². The van der Waals surface area contributed by atoms with Gasteiger partial charge in [-0.1, -0.05) is 56.3 Å². The molecule has 0 saturated heterocycles. The van der Waals surface area contributed by atoms with Gasteiger partial charge in [0.05, 0.1) is 12.2 Å². The molecule has 2 aromatic carbocycles. The molecule has 0 spiro atoms. The van der Waals surface area contributed by atoms with Crippen molar-refractivity contribution in [2.75, 3.05) is 13.2 Å². The molecule has 1 fully saturated rings. The third-order valence-electron chi connectivity index (χ3n) is 7.19. The molecule has 0 bridgehead atoms. The van der Waals surface area contributed by atoms with Crippen molar-refractivity contribution in [2.45, 2.75) is 76.9 Å². The van der Waals surface area contributed by atoms with Crippen LogP contribution in [0.1, 0.15) is 73.8 Å². The number of hydrogen-bond acceptors (Lipinski definition) is 4. The van der Waals surface area contributed by atoms with E-state index < -0.39 is 11.7 Å². The van der Waals surface area contributed by atoms with E-state index in [1.165, 1.54) is 16.7 Å². The Kier molecular flexibility index (Phi) is 7.81. The van der Waals surface area contributed by atoms with Gasteiger partial charge in [-0.2, -0.15) is 0 Å². The Bertz CT molecular complexity index is 938. The molecule has 0 aromatic heterocycles. The zero-order valence-corrected chi connectivity index (χ0v) is 19.9. The first kappa shape index (κ1) is 24.5. The van der Waals surface area contributed by atoms with Gasteiger partial charge < -0.3 is 20.1 Å². The Hall–Kier alpha value is -2.14. The molecule has 0 unspecified atom stereocenters. The summed E-state index contributed by atoms with van der Waals surface area (Å²) in [5, 5.41) is 29.0. The second kappa shape index (κ2) is 10.2. The monoisotopic (exact) mass is 438 g/mol. The summed E-state index contributed by atoms with van der Waals surface area (Å²) in [4.78, 5) is 0. The largest absolute Gasteiger partial charge is 0.491 e. The maximum atomic E-state index is 10.4. The average Bonchev–Trinajstić information content (AvgIpc) is 2.77. The summed E-state index contributed by atoms with van der Waals surface area (Å²) in [5.41, 5.74) is 5.21. The zero-order valence-electron chi connectivity index (χ0n) is 19.9. The lowest BCUT2D eigenvalue weighted by atomic mass is 9.70. The van der Waals surface area contributed by atoms with Crippen LogP contribution < -0.4 is 4.74 Å². The molecule has 1 aliphatic carbocycles. The van der Waals surface area contributed by atoms with E-state index in [4.69, 9.17) is 9.84 Å². The minimum Gasteiger partial charge on any atom is -0.491 e. The van der Waals surface area contributed by atoms with Crippen molar-refractivity contribution in [1.29, 1.82) is 0 Å². The SMILES string of the molecule is CCC(CC)(c1ccc(C=CC2(O)CCC2)c(C)c1)c1ccc(OC[C@@H](O)CO)c(C)c1. The van der Waals surface area contributed by atoms with E-state index in [9.17, 15) is 10.2 Å². The van der Waals surface area contributed by atoms with Gasteiger partial charge in [0.15, 0.2) is 0 Å². The third kappa shape index (κ3) is 5.09. The highest BCUT2D eigenvalue weighted by Crippen LogP contribution is 2.41. The van der Waals surface area contributed by atoms with Crippen molar-refractivity contribution >= 4 is 6.08 Å². The molecule has 2 aromatic rings. The Morgan fingerprint density at radius 2 is 1.66 bits per heavy atom. The van der Waals surface area contributed by atoms with Crippen molar-refractivity contribution < 1.29 is 20.1 Å². The van der Waals surface area contributed by atoms with Crippen molar-refractivity contribution in [1.82, 2.24) is 0 Å². The lowest BCUT2D eigenvalue weighted by Crippen LogP contribution is -2.33. The number of rotatable bonds is 10. The molecule has 0 aliphatic heterocycles. The molecule has 0 radical (unpaired) electrons. The Morgan fingerprint density at radius 1 is 1.03 bits per heavy atom. The third-order valence-corrected chi connectivity index (χ3v) is 7.19. The van der Waals surface area contributed by atoms with E-state index in [-0.39, 0.29) is 18.6 Å². The number of aliphatic hydroxyl groups is 3. The van der Waals surface area contributed by atoms with Gasteiger partial charge in [0, 0.05) is 5.41 Å². The normalized spacial score (nSPS) is 16.7. The fourth-order valence-electron chi connectivity index (χ4n) is 4.69. The Labute approximate surface area is 192 Å². The van der Waals surface area contributed by atoms with Crippen molar-refractivity contribution in [2.24, 2.45) is 0 Å². The smallest absolute Gasteiger partial charge is 0.122 e. The van der Waals surface area contributed by atoms with E-state index in [1.807, 2.05) is 19.1 Å². The molecule has 1 atom stereocenters. The van der Waals surface area contributed by atoms with Crippen molar-refractivity contribution in [3.63, 3.8) is 0 Å². The maximum absolute atomic E-state index is 10.4. The van der Waals surface area contributed by atoms with E-state index in [2.05, 4.69) is 57.2 Å². The molecule has 0 amide bonds. The van der Waals surface area contributed by atoms with Crippen LogP contribution in [-0.2, 0) is 5.41 Å². The topological polar surface area (TPSA) is 69.9 Å².